The van der Waals surface area contributed by atoms with Crippen LogP contribution in [0.2, 0.25) is 0 Å². The number of rotatable bonds is 0. The van der Waals surface area contributed by atoms with Crippen LogP contribution in [0.15, 0.2) is 126 Å². The highest BCUT2D eigenvalue weighted by atomic mass is 14.5. The molecule has 42 heavy (non-hydrogen) atoms. The molecule has 0 heterocycles. The van der Waals surface area contributed by atoms with Crippen LogP contribution in [0.25, 0.3) is 5.57 Å². The van der Waals surface area contributed by atoms with E-state index in [9.17, 15) is 0 Å². The van der Waals surface area contributed by atoms with Gasteiger partial charge in [0.1, 0.15) is 0 Å². The van der Waals surface area contributed by atoms with E-state index in [2.05, 4.69) is 115 Å². The standard InChI is InChI=1S/C42H30/c1-5-13-29-25(9-1)37-26-10-2-6-14-30(26)39(29)41-33(37)19-17-23-21-24-18-20-34-38-27-11-3-7-15-31(27)40(32-16-8-4-12-28(32)38)42(34)36(24)22-35(23)41/h1-16,19,21-22,37-41H,17-18,20H2/t37?,38?,39?,40?,41-/m0/s1. The monoisotopic (exact) mass is 534 g/mol. The van der Waals surface area contributed by atoms with Crippen LogP contribution in [0.5, 0.6) is 0 Å². The van der Waals surface area contributed by atoms with Crippen molar-refractivity contribution in [3.05, 3.63) is 193 Å². The molecule has 5 aromatic carbocycles. The molecule has 0 radical (unpaired) electrons. The summed E-state index contributed by atoms with van der Waals surface area (Å²) in [6, 6.07) is 42.6. The van der Waals surface area contributed by atoms with Crippen LogP contribution in [0.3, 0.4) is 0 Å². The van der Waals surface area contributed by atoms with E-state index in [1.165, 1.54) is 28.7 Å². The molecule has 0 fully saturated rings. The lowest BCUT2D eigenvalue weighted by Crippen LogP contribution is -2.35. The molecule has 0 N–H and O–H groups in total. The summed E-state index contributed by atoms with van der Waals surface area (Å²) < 4.78 is 0. The lowest BCUT2D eigenvalue weighted by atomic mass is 9.53. The van der Waals surface area contributed by atoms with Crippen molar-refractivity contribution in [1.29, 1.82) is 0 Å². The van der Waals surface area contributed by atoms with Crippen LogP contribution in [0, 0.1) is 0 Å². The Morgan fingerprint density at radius 1 is 0.429 bits per heavy atom. The quantitative estimate of drug-likeness (QED) is 0.174. The van der Waals surface area contributed by atoms with E-state index in [-0.39, 0.29) is 0 Å². The zero-order valence-electron chi connectivity index (χ0n) is 23.5. The Kier molecular flexibility index (Phi) is 4.07. The smallest absolute Gasteiger partial charge is 0.0352 e. The highest BCUT2D eigenvalue weighted by Crippen LogP contribution is 2.65. The molecule has 0 saturated heterocycles. The number of fused-ring (bicyclic) bond motifs is 2. The van der Waals surface area contributed by atoms with E-state index >= 15 is 0 Å². The van der Waals surface area contributed by atoms with Crippen molar-refractivity contribution in [2.45, 2.75) is 48.9 Å². The lowest BCUT2D eigenvalue weighted by Gasteiger charge is -2.50. The average Bonchev–Trinajstić information content (AvgIpc) is 3.06. The van der Waals surface area contributed by atoms with Gasteiger partial charge in [0.15, 0.2) is 0 Å². The van der Waals surface area contributed by atoms with Crippen LogP contribution < -0.4 is 0 Å². The summed E-state index contributed by atoms with van der Waals surface area (Å²) in [5.41, 5.74) is 23.6. The SMILES string of the molecule is C1=C2C3c4ccccc4C(c4ccccc43)[C@@H]2c2cc3c(cc2C1)CCC1=C3C2c3ccccc3C1c1ccccc12. The van der Waals surface area contributed by atoms with E-state index in [0.717, 1.165) is 12.8 Å². The predicted molar refractivity (Wildman–Crippen MR) is 169 cm³/mol. The predicted octanol–water partition coefficient (Wildman–Crippen LogP) is 9.53. The lowest BCUT2D eigenvalue weighted by molar-refractivity contribution is 0.547. The molecule has 0 aliphatic heterocycles. The van der Waals surface area contributed by atoms with Gasteiger partial charge in [-0.25, -0.2) is 0 Å². The number of hydrogen-bond acceptors (Lipinski definition) is 0. The maximum atomic E-state index is 2.70. The van der Waals surface area contributed by atoms with Crippen molar-refractivity contribution in [1.82, 2.24) is 0 Å². The van der Waals surface area contributed by atoms with Crippen LogP contribution in [-0.2, 0) is 12.8 Å². The molecule has 13 rings (SSSR count). The molecule has 8 aliphatic rings. The van der Waals surface area contributed by atoms with E-state index in [0.29, 0.717) is 29.6 Å². The van der Waals surface area contributed by atoms with Gasteiger partial charge in [-0.2, -0.15) is 0 Å². The summed E-state index contributed by atoms with van der Waals surface area (Å²) in [5, 5.41) is 0. The fourth-order valence-electron chi connectivity index (χ4n) is 10.3. The van der Waals surface area contributed by atoms with Gasteiger partial charge in [0.2, 0.25) is 0 Å². The van der Waals surface area contributed by atoms with Gasteiger partial charge in [-0.05, 0) is 91.6 Å². The second kappa shape index (κ2) is 7.69. The zero-order chi connectivity index (χ0) is 27.1. The third kappa shape index (κ3) is 2.53. The van der Waals surface area contributed by atoms with Gasteiger partial charge in [-0.3, -0.25) is 0 Å². The highest BCUT2D eigenvalue weighted by molar-refractivity contribution is 5.89. The Morgan fingerprint density at radius 3 is 1.55 bits per heavy atom. The van der Waals surface area contributed by atoms with Crippen LogP contribution in [0.4, 0.5) is 0 Å². The average molecular weight is 535 g/mol. The van der Waals surface area contributed by atoms with E-state index in [1.54, 1.807) is 61.2 Å². The van der Waals surface area contributed by atoms with Crippen LogP contribution in [0.1, 0.15) is 103 Å². The first-order valence-electron chi connectivity index (χ1n) is 15.8. The molecule has 0 nitrogen and oxygen atoms in total. The molecule has 1 atom stereocenters. The summed E-state index contributed by atoms with van der Waals surface area (Å²) in [5.74, 6) is 1.96. The third-order valence-corrected chi connectivity index (χ3v) is 11.7. The molecule has 198 valence electrons. The Balaban J connectivity index is 1.15. The van der Waals surface area contributed by atoms with Gasteiger partial charge < -0.3 is 0 Å². The first-order valence-corrected chi connectivity index (χ1v) is 15.8. The second-order valence-corrected chi connectivity index (χ2v) is 13.3. The maximum absolute atomic E-state index is 2.70. The fraction of sp³-hybridized carbons (Fsp3) is 0.190. The maximum Gasteiger partial charge on any atom is 0.0352 e. The Bertz CT molecular complexity index is 2010. The van der Waals surface area contributed by atoms with Gasteiger partial charge in [0.05, 0.1) is 0 Å². The first kappa shape index (κ1) is 22.2. The van der Waals surface area contributed by atoms with Gasteiger partial charge >= 0.3 is 0 Å². The summed E-state index contributed by atoms with van der Waals surface area (Å²) >= 11 is 0. The van der Waals surface area contributed by atoms with E-state index in [4.69, 9.17) is 0 Å². The first-order chi connectivity index (χ1) is 20.9. The fourth-order valence-corrected chi connectivity index (χ4v) is 10.3. The van der Waals surface area contributed by atoms with Gasteiger partial charge in [-0.15, -0.1) is 0 Å². The van der Waals surface area contributed by atoms with Gasteiger partial charge in [-0.1, -0.05) is 126 Å². The third-order valence-electron chi connectivity index (χ3n) is 11.7. The number of benzene rings is 5. The minimum atomic E-state index is 0.345. The summed E-state index contributed by atoms with van der Waals surface area (Å²) in [4.78, 5) is 0. The molecule has 5 aromatic rings. The van der Waals surface area contributed by atoms with E-state index < -0.39 is 0 Å². The van der Waals surface area contributed by atoms with Crippen molar-refractivity contribution in [3.63, 3.8) is 0 Å². The second-order valence-electron chi connectivity index (χ2n) is 13.3. The summed E-state index contributed by atoms with van der Waals surface area (Å²) in [6.07, 6.45) is 6.02. The van der Waals surface area contributed by atoms with Crippen molar-refractivity contribution in [2.24, 2.45) is 0 Å². The van der Waals surface area contributed by atoms with E-state index in [1.807, 2.05) is 0 Å². The molecule has 0 unspecified atom stereocenters. The number of aryl methyl sites for hydroxylation is 1. The Morgan fingerprint density at radius 2 is 0.952 bits per heavy atom. The van der Waals surface area contributed by atoms with Crippen molar-refractivity contribution < 1.29 is 0 Å². The van der Waals surface area contributed by atoms with Crippen molar-refractivity contribution >= 4 is 5.57 Å². The minimum Gasteiger partial charge on any atom is -0.0793 e. The van der Waals surface area contributed by atoms with Crippen molar-refractivity contribution in [2.75, 3.05) is 0 Å². The molecule has 4 bridgehead atoms. The molecular formula is C42H30. The summed E-state index contributed by atoms with van der Waals surface area (Å²) in [7, 11) is 0. The molecule has 0 aromatic heterocycles. The molecule has 0 amide bonds. The molecule has 0 saturated carbocycles. The molecule has 0 spiro atoms. The molecule has 8 aliphatic carbocycles. The van der Waals surface area contributed by atoms with Crippen molar-refractivity contribution in [3.8, 4) is 0 Å². The van der Waals surface area contributed by atoms with Gasteiger partial charge in [0, 0.05) is 29.6 Å². The Hall–Kier alpha value is -4.42. The van der Waals surface area contributed by atoms with Crippen LogP contribution in [-0.4, -0.2) is 0 Å². The normalized spacial score (nSPS) is 26.1. The zero-order valence-corrected chi connectivity index (χ0v) is 23.5. The number of hydrogen-bond donors (Lipinski definition) is 0. The topological polar surface area (TPSA) is 0 Å². The van der Waals surface area contributed by atoms with Gasteiger partial charge in [0.25, 0.3) is 0 Å². The summed E-state index contributed by atoms with van der Waals surface area (Å²) in [6.45, 7) is 0. The number of allylic oxidation sites excluding steroid dienone is 4. The largest absolute Gasteiger partial charge is 0.0793 e. The molecular weight excluding hydrogens is 504 g/mol. The minimum absolute atomic E-state index is 0.345. The van der Waals surface area contributed by atoms with Crippen LogP contribution >= 0.6 is 0 Å². The highest BCUT2D eigenvalue weighted by Gasteiger charge is 2.49. The molecule has 0 heteroatoms. The Labute approximate surface area is 247 Å².